The minimum absolute atomic E-state index is 0.00399. The number of ether oxygens (including phenoxy) is 2. The summed E-state index contributed by atoms with van der Waals surface area (Å²) in [5.41, 5.74) is 0.654. The molecule has 118 valence electrons. The van der Waals surface area contributed by atoms with Crippen LogP contribution in [0.15, 0.2) is 36.4 Å². The van der Waals surface area contributed by atoms with Gasteiger partial charge in [0.05, 0.1) is 7.11 Å². The topological polar surface area (TPSA) is 108 Å². The molecule has 0 radical (unpaired) electrons. The molecule has 0 saturated carbocycles. The summed E-state index contributed by atoms with van der Waals surface area (Å²) in [5.74, 6) is -0.277. The van der Waals surface area contributed by atoms with Crippen LogP contribution in [0.4, 0.5) is 0 Å². The molecule has 0 saturated heterocycles. The van der Waals surface area contributed by atoms with Crippen molar-refractivity contribution in [3.8, 4) is 11.5 Å². The largest absolute Gasteiger partial charge is 0.504 e. The third-order valence-electron chi connectivity index (χ3n) is 2.38. The lowest BCUT2D eigenvalue weighted by atomic mass is 10.2. The predicted octanol–water partition coefficient (Wildman–Crippen LogP) is 1.72. The zero-order chi connectivity index (χ0) is 16.4. The van der Waals surface area contributed by atoms with Gasteiger partial charge in [-0.2, -0.15) is 0 Å². The van der Waals surface area contributed by atoms with Gasteiger partial charge in [0, 0.05) is 6.08 Å². The number of phenolic OH excluding ortho intramolecular Hbond substituents is 1. The van der Waals surface area contributed by atoms with Crippen LogP contribution in [-0.4, -0.2) is 36.5 Å². The van der Waals surface area contributed by atoms with E-state index in [0.717, 1.165) is 0 Å². The standard InChI is InChI=1S/C14H15NO7/c1-20-13-10-11(4-6-12(13)16)5-7-14(17)21-8-2-3-9-22-15(18)19/h2-7,10,16H,8-9H2,1H3/b3-2+,7-5+. The third-order valence-corrected chi connectivity index (χ3v) is 2.38. The Balaban J connectivity index is 2.40. The number of nitrogens with zero attached hydrogens (tertiary/aromatic N) is 1. The molecule has 0 bridgehead atoms. The molecule has 1 aromatic carbocycles. The summed E-state index contributed by atoms with van der Waals surface area (Å²) >= 11 is 0. The summed E-state index contributed by atoms with van der Waals surface area (Å²) in [6.45, 7) is -0.225. The van der Waals surface area contributed by atoms with Gasteiger partial charge in [0.2, 0.25) is 0 Å². The lowest BCUT2D eigenvalue weighted by molar-refractivity contribution is -0.755. The fraction of sp³-hybridized carbons (Fsp3) is 0.214. The molecule has 8 heteroatoms. The summed E-state index contributed by atoms with van der Waals surface area (Å²) in [6, 6.07) is 4.62. The zero-order valence-corrected chi connectivity index (χ0v) is 11.8. The molecule has 1 rings (SSSR count). The molecule has 0 unspecified atom stereocenters. The van der Waals surface area contributed by atoms with Crippen molar-refractivity contribution >= 4 is 12.0 Å². The van der Waals surface area contributed by atoms with Gasteiger partial charge in [-0.1, -0.05) is 12.1 Å². The number of methoxy groups -OCH3 is 1. The van der Waals surface area contributed by atoms with Crippen molar-refractivity contribution in [3.05, 3.63) is 52.1 Å². The van der Waals surface area contributed by atoms with Crippen molar-refractivity contribution in [2.45, 2.75) is 0 Å². The average molecular weight is 309 g/mol. The number of carbonyl (C=O) groups is 1. The Bertz CT molecular complexity index is 581. The second-order valence-electron chi connectivity index (χ2n) is 3.89. The summed E-state index contributed by atoms with van der Waals surface area (Å²) in [5, 5.41) is 18.4. The number of rotatable bonds is 8. The van der Waals surface area contributed by atoms with Gasteiger partial charge in [-0.05, 0) is 29.8 Å². The van der Waals surface area contributed by atoms with E-state index in [1.54, 1.807) is 12.1 Å². The number of aromatic hydroxyl groups is 1. The van der Waals surface area contributed by atoms with Crippen LogP contribution >= 0.6 is 0 Å². The van der Waals surface area contributed by atoms with Gasteiger partial charge < -0.3 is 19.4 Å². The highest BCUT2D eigenvalue weighted by molar-refractivity contribution is 5.87. The summed E-state index contributed by atoms with van der Waals surface area (Å²) in [7, 11) is 1.42. The molecule has 1 N–H and O–H groups in total. The van der Waals surface area contributed by atoms with Crippen molar-refractivity contribution in [2.24, 2.45) is 0 Å². The van der Waals surface area contributed by atoms with E-state index >= 15 is 0 Å². The fourth-order valence-electron chi connectivity index (χ4n) is 1.38. The van der Waals surface area contributed by atoms with E-state index in [4.69, 9.17) is 9.47 Å². The molecular formula is C14H15NO7. The van der Waals surface area contributed by atoms with Gasteiger partial charge >= 0.3 is 5.97 Å². The lowest BCUT2D eigenvalue weighted by Gasteiger charge is -2.03. The maximum Gasteiger partial charge on any atom is 0.331 e. The Hall–Kier alpha value is -3.03. The molecule has 1 aromatic rings. The van der Waals surface area contributed by atoms with E-state index < -0.39 is 11.1 Å². The van der Waals surface area contributed by atoms with Gasteiger partial charge in [0.15, 0.2) is 11.5 Å². The number of benzene rings is 1. The minimum atomic E-state index is -0.912. The Morgan fingerprint density at radius 1 is 1.36 bits per heavy atom. The summed E-state index contributed by atoms with van der Waals surface area (Å²) in [4.78, 5) is 25.3. The third kappa shape index (κ3) is 6.42. The number of phenols is 1. The molecule has 0 atom stereocenters. The highest BCUT2D eigenvalue weighted by Gasteiger charge is 2.01. The maximum atomic E-state index is 11.4. The summed E-state index contributed by atoms with van der Waals surface area (Å²) in [6.07, 6.45) is 5.51. The van der Waals surface area contributed by atoms with Gasteiger partial charge in [-0.3, -0.25) is 0 Å². The van der Waals surface area contributed by atoms with Crippen molar-refractivity contribution in [2.75, 3.05) is 20.3 Å². The Morgan fingerprint density at radius 3 is 2.77 bits per heavy atom. The Morgan fingerprint density at radius 2 is 2.09 bits per heavy atom. The number of hydrogen-bond acceptors (Lipinski definition) is 7. The molecule has 0 aliphatic carbocycles. The second kappa shape index (κ2) is 9.01. The van der Waals surface area contributed by atoms with Crippen molar-refractivity contribution < 1.29 is 29.3 Å². The van der Waals surface area contributed by atoms with E-state index in [9.17, 15) is 20.0 Å². The van der Waals surface area contributed by atoms with E-state index in [1.165, 1.54) is 37.5 Å². The highest BCUT2D eigenvalue weighted by Crippen LogP contribution is 2.26. The van der Waals surface area contributed by atoms with Crippen LogP contribution in [-0.2, 0) is 14.4 Å². The quantitative estimate of drug-likeness (QED) is 0.256. The smallest absolute Gasteiger partial charge is 0.331 e. The van der Waals surface area contributed by atoms with Crippen LogP contribution in [0, 0.1) is 10.1 Å². The minimum Gasteiger partial charge on any atom is -0.504 e. The molecule has 0 amide bonds. The van der Waals surface area contributed by atoms with E-state index in [1.807, 2.05) is 0 Å². The second-order valence-corrected chi connectivity index (χ2v) is 3.89. The van der Waals surface area contributed by atoms with Gasteiger partial charge in [-0.15, -0.1) is 10.1 Å². The zero-order valence-electron chi connectivity index (χ0n) is 11.8. The number of carbonyl (C=O) groups excluding carboxylic acids is 1. The molecule has 0 spiro atoms. The molecule has 0 aliphatic heterocycles. The number of hydrogen-bond donors (Lipinski definition) is 1. The Kier molecular flexibility index (Phi) is 6.97. The first-order valence-corrected chi connectivity index (χ1v) is 6.17. The molecule has 22 heavy (non-hydrogen) atoms. The molecule has 8 nitrogen and oxygen atoms in total. The average Bonchev–Trinajstić information content (AvgIpc) is 2.49. The first-order valence-electron chi connectivity index (χ1n) is 6.17. The van der Waals surface area contributed by atoms with Gasteiger partial charge in [-0.25, -0.2) is 4.79 Å². The lowest BCUT2D eigenvalue weighted by Crippen LogP contribution is -2.02. The van der Waals surface area contributed by atoms with Gasteiger partial charge in [0.1, 0.15) is 13.2 Å². The normalized spacial score (nSPS) is 10.8. The van der Waals surface area contributed by atoms with Gasteiger partial charge in [0.25, 0.3) is 5.09 Å². The van der Waals surface area contributed by atoms with Crippen molar-refractivity contribution in [1.82, 2.24) is 0 Å². The van der Waals surface area contributed by atoms with Crippen molar-refractivity contribution in [3.63, 3.8) is 0 Å². The van der Waals surface area contributed by atoms with Crippen LogP contribution in [0.2, 0.25) is 0 Å². The first-order chi connectivity index (χ1) is 10.5. The van der Waals surface area contributed by atoms with Crippen LogP contribution in [0.3, 0.4) is 0 Å². The Labute approximate surface area is 126 Å². The van der Waals surface area contributed by atoms with Crippen LogP contribution < -0.4 is 4.74 Å². The van der Waals surface area contributed by atoms with E-state index in [-0.39, 0.29) is 19.0 Å². The molecule has 0 fully saturated rings. The molecular weight excluding hydrogens is 294 g/mol. The SMILES string of the molecule is COc1cc(/C=C/C(=O)OC/C=C/CO[N+](=O)[O-])ccc1O. The molecule has 0 aromatic heterocycles. The fourth-order valence-corrected chi connectivity index (χ4v) is 1.38. The highest BCUT2D eigenvalue weighted by atomic mass is 16.9. The molecule has 0 aliphatic rings. The van der Waals surface area contributed by atoms with Crippen molar-refractivity contribution in [1.29, 1.82) is 0 Å². The van der Waals surface area contributed by atoms with E-state index in [0.29, 0.717) is 11.3 Å². The maximum absolute atomic E-state index is 11.4. The van der Waals surface area contributed by atoms with Crippen LogP contribution in [0.5, 0.6) is 11.5 Å². The predicted molar refractivity (Wildman–Crippen MR) is 76.7 cm³/mol. The summed E-state index contributed by atoms with van der Waals surface area (Å²) < 4.78 is 9.78. The van der Waals surface area contributed by atoms with Crippen LogP contribution in [0.25, 0.3) is 6.08 Å². The number of esters is 1. The monoisotopic (exact) mass is 309 g/mol. The molecule has 0 heterocycles. The first kappa shape index (κ1) is 17.0. The van der Waals surface area contributed by atoms with Crippen LogP contribution in [0.1, 0.15) is 5.56 Å². The van der Waals surface area contributed by atoms with E-state index in [2.05, 4.69) is 4.84 Å².